The normalized spacial score (nSPS) is 10.0. The van der Waals surface area contributed by atoms with E-state index >= 15 is 0 Å². The molecule has 0 aliphatic heterocycles. The Hall–Kier alpha value is -1.26. The molecule has 1 aromatic carbocycles. The highest BCUT2D eigenvalue weighted by atomic mass is 16.5. The van der Waals surface area contributed by atoms with Crippen LogP contribution in [0.3, 0.4) is 0 Å². The summed E-state index contributed by atoms with van der Waals surface area (Å²) in [4.78, 5) is 0. The van der Waals surface area contributed by atoms with Crippen LogP contribution in [0.15, 0.2) is 18.2 Å². The van der Waals surface area contributed by atoms with Crippen LogP contribution >= 0.6 is 0 Å². The van der Waals surface area contributed by atoms with Crippen LogP contribution < -0.4 is 4.74 Å². The predicted octanol–water partition coefficient (Wildman–Crippen LogP) is 4.35. The van der Waals surface area contributed by atoms with E-state index in [9.17, 15) is 5.11 Å². The lowest BCUT2D eigenvalue weighted by atomic mass is 10.2. The van der Waals surface area contributed by atoms with E-state index in [2.05, 4.69) is 20.8 Å². The van der Waals surface area contributed by atoms with Crippen LogP contribution in [0.1, 0.15) is 45.1 Å². The molecule has 0 heterocycles. The Labute approximate surface area is 135 Å². The zero-order valence-corrected chi connectivity index (χ0v) is 14.3. The van der Waals surface area contributed by atoms with Gasteiger partial charge in [-0.2, -0.15) is 0 Å². The summed E-state index contributed by atoms with van der Waals surface area (Å²) in [6.07, 6.45) is 4.91. The Morgan fingerprint density at radius 3 is 2.18 bits per heavy atom. The molecule has 4 nitrogen and oxygen atoms in total. The van der Waals surface area contributed by atoms with Crippen molar-refractivity contribution < 1.29 is 19.3 Å². The van der Waals surface area contributed by atoms with Gasteiger partial charge >= 0.3 is 0 Å². The molecule has 1 N–H and O–H groups in total. The molecule has 0 saturated heterocycles. The molecule has 0 aromatic heterocycles. The summed E-state index contributed by atoms with van der Waals surface area (Å²) in [5, 5.41) is 9.28. The Morgan fingerprint density at radius 1 is 1.05 bits per heavy atom. The molecule has 0 saturated carbocycles. The third-order valence-corrected chi connectivity index (χ3v) is 2.94. The monoisotopic (exact) mass is 311 g/mol. The van der Waals surface area contributed by atoms with Gasteiger partial charge in [-0.25, -0.2) is 0 Å². The van der Waals surface area contributed by atoms with E-state index in [4.69, 9.17) is 14.2 Å². The fourth-order valence-corrected chi connectivity index (χ4v) is 1.60. The van der Waals surface area contributed by atoms with Crippen molar-refractivity contribution in [3.63, 3.8) is 0 Å². The molecule has 0 atom stereocenters. The molecule has 0 bridgehead atoms. The maximum atomic E-state index is 9.28. The van der Waals surface area contributed by atoms with Gasteiger partial charge in [-0.3, -0.25) is 0 Å². The molecule has 0 unspecified atom stereocenters. The van der Waals surface area contributed by atoms with E-state index < -0.39 is 0 Å². The molecule has 0 fully saturated rings. The number of phenolic OH excluding ortho intramolecular Hbond substituents is 1. The first-order valence-electron chi connectivity index (χ1n) is 8.00. The van der Waals surface area contributed by atoms with Gasteiger partial charge in [-0.1, -0.05) is 32.8 Å². The van der Waals surface area contributed by atoms with Crippen molar-refractivity contribution in [1.29, 1.82) is 0 Å². The van der Waals surface area contributed by atoms with E-state index in [1.165, 1.54) is 32.8 Å². The Kier molecular flexibility index (Phi) is 13.8. The van der Waals surface area contributed by atoms with Crippen LogP contribution in [0, 0.1) is 6.92 Å². The van der Waals surface area contributed by atoms with E-state index in [1.54, 1.807) is 18.2 Å². The zero-order chi connectivity index (χ0) is 16.6. The summed E-state index contributed by atoms with van der Waals surface area (Å²) < 4.78 is 15.4. The number of unbranched alkanes of at least 4 members (excludes halogenated alkanes) is 2. The summed E-state index contributed by atoms with van der Waals surface area (Å²) >= 11 is 0. The van der Waals surface area contributed by atoms with Crippen molar-refractivity contribution in [3.8, 4) is 11.5 Å². The molecule has 0 amide bonds. The molecule has 1 radical (unpaired) electrons. The summed E-state index contributed by atoms with van der Waals surface area (Å²) in [7, 11) is 1.51. The van der Waals surface area contributed by atoms with Gasteiger partial charge in [0.2, 0.25) is 0 Å². The number of phenols is 1. The van der Waals surface area contributed by atoms with Crippen molar-refractivity contribution in [3.05, 3.63) is 30.7 Å². The lowest BCUT2D eigenvalue weighted by molar-refractivity contribution is 0.128. The third-order valence-electron chi connectivity index (χ3n) is 2.94. The van der Waals surface area contributed by atoms with Crippen LogP contribution in [-0.2, 0) is 16.1 Å². The van der Waals surface area contributed by atoms with Gasteiger partial charge in [-0.15, -0.1) is 0 Å². The number of ether oxygens (including phenoxy) is 3. The fraction of sp³-hybridized carbons (Fsp3) is 0.611. The molecule has 127 valence electrons. The highest BCUT2D eigenvalue weighted by Gasteiger charge is 2.01. The molecule has 0 spiro atoms. The van der Waals surface area contributed by atoms with Gasteiger partial charge in [0.15, 0.2) is 11.5 Å². The van der Waals surface area contributed by atoms with Gasteiger partial charge in [0, 0.05) is 19.8 Å². The largest absolute Gasteiger partial charge is 0.504 e. The average Bonchev–Trinajstić information content (AvgIpc) is 2.54. The quantitative estimate of drug-likeness (QED) is 0.652. The Balaban J connectivity index is 0.000000433. The van der Waals surface area contributed by atoms with Crippen LogP contribution in [-0.4, -0.2) is 32.0 Å². The fourth-order valence-electron chi connectivity index (χ4n) is 1.60. The first kappa shape index (κ1) is 20.7. The van der Waals surface area contributed by atoms with Crippen LogP contribution in [0.2, 0.25) is 0 Å². The van der Waals surface area contributed by atoms with Crippen molar-refractivity contribution in [2.24, 2.45) is 0 Å². The van der Waals surface area contributed by atoms with Gasteiger partial charge in [0.1, 0.15) is 0 Å². The minimum absolute atomic E-state index is 0.140. The van der Waals surface area contributed by atoms with Gasteiger partial charge in [0.05, 0.1) is 13.7 Å². The molecule has 22 heavy (non-hydrogen) atoms. The highest BCUT2D eigenvalue weighted by Crippen LogP contribution is 2.26. The second-order valence-corrected chi connectivity index (χ2v) is 4.88. The zero-order valence-electron chi connectivity index (χ0n) is 14.3. The van der Waals surface area contributed by atoms with Gasteiger partial charge < -0.3 is 19.3 Å². The lowest BCUT2D eigenvalue weighted by Gasteiger charge is -2.06. The van der Waals surface area contributed by atoms with E-state index in [0.29, 0.717) is 19.0 Å². The predicted molar refractivity (Wildman–Crippen MR) is 90.3 cm³/mol. The van der Waals surface area contributed by atoms with Crippen molar-refractivity contribution >= 4 is 0 Å². The summed E-state index contributed by atoms with van der Waals surface area (Å²) in [5.41, 5.74) is 0.957. The van der Waals surface area contributed by atoms with E-state index in [0.717, 1.165) is 18.8 Å². The number of rotatable bonds is 10. The topological polar surface area (TPSA) is 47.9 Å². The van der Waals surface area contributed by atoms with Crippen LogP contribution in [0.25, 0.3) is 0 Å². The van der Waals surface area contributed by atoms with Crippen molar-refractivity contribution in [1.82, 2.24) is 0 Å². The Bertz CT molecular complexity index is 360. The number of methoxy groups -OCH3 is 1. The van der Waals surface area contributed by atoms with E-state index in [-0.39, 0.29) is 5.75 Å². The summed E-state index contributed by atoms with van der Waals surface area (Å²) in [5.74, 6) is 0.603. The van der Waals surface area contributed by atoms with Crippen LogP contribution in [0.4, 0.5) is 0 Å². The molecule has 1 rings (SSSR count). The SMILES string of the molecule is CCCCOCCCC.[CH2]COCc1ccc(O)c(OC)c1. The molecular formula is C18H31O4. The molecule has 0 aliphatic rings. The second-order valence-electron chi connectivity index (χ2n) is 4.88. The standard InChI is InChI=1S/C10H13O3.C8H18O/c1-3-13-7-8-4-5-9(11)10(6-8)12-2;1-3-5-7-9-8-6-4-2/h4-6,11H,1,3,7H2,2H3;3-8H2,1-2H3. The minimum atomic E-state index is 0.140. The van der Waals surface area contributed by atoms with E-state index in [1.807, 2.05) is 0 Å². The number of aromatic hydroxyl groups is 1. The lowest BCUT2D eigenvalue weighted by Crippen LogP contribution is -1.95. The number of hydrogen-bond donors (Lipinski definition) is 1. The molecule has 0 aliphatic carbocycles. The molecule has 1 aromatic rings. The highest BCUT2D eigenvalue weighted by molar-refractivity contribution is 5.41. The number of benzene rings is 1. The smallest absolute Gasteiger partial charge is 0.160 e. The van der Waals surface area contributed by atoms with Gasteiger partial charge in [0.25, 0.3) is 0 Å². The van der Waals surface area contributed by atoms with Crippen molar-refractivity contribution in [2.75, 3.05) is 26.9 Å². The third kappa shape index (κ3) is 10.5. The number of hydrogen-bond acceptors (Lipinski definition) is 4. The Morgan fingerprint density at radius 2 is 1.68 bits per heavy atom. The van der Waals surface area contributed by atoms with Crippen molar-refractivity contribution in [2.45, 2.75) is 46.1 Å². The first-order chi connectivity index (χ1) is 10.7. The maximum absolute atomic E-state index is 9.28. The van der Waals surface area contributed by atoms with Gasteiger partial charge in [-0.05, 0) is 37.5 Å². The average molecular weight is 311 g/mol. The molecule has 4 heteroatoms. The van der Waals surface area contributed by atoms with Crippen LogP contribution in [0.5, 0.6) is 11.5 Å². The molecular weight excluding hydrogens is 280 g/mol. The minimum Gasteiger partial charge on any atom is -0.504 e. The first-order valence-corrected chi connectivity index (χ1v) is 8.00. The second kappa shape index (κ2) is 14.7. The summed E-state index contributed by atoms with van der Waals surface area (Å²) in [6.45, 7) is 10.8. The summed E-state index contributed by atoms with van der Waals surface area (Å²) in [6, 6.07) is 5.11. The maximum Gasteiger partial charge on any atom is 0.160 e.